The minimum atomic E-state index is -3.63. The number of hydrogen-bond acceptors (Lipinski definition) is 5. The molecule has 0 saturated carbocycles. The van der Waals surface area contributed by atoms with E-state index in [9.17, 15) is 13.2 Å². The minimum Gasteiger partial charge on any atom is -0.496 e. The fourth-order valence-corrected chi connectivity index (χ4v) is 3.67. The summed E-state index contributed by atoms with van der Waals surface area (Å²) >= 11 is 0. The van der Waals surface area contributed by atoms with Crippen molar-refractivity contribution in [2.75, 3.05) is 34.3 Å². The van der Waals surface area contributed by atoms with E-state index in [1.807, 2.05) is 13.8 Å². The summed E-state index contributed by atoms with van der Waals surface area (Å²) in [5, 5.41) is 0. The number of carbonyl (C=O) groups excluding carboxylic acids is 1. The van der Waals surface area contributed by atoms with Crippen LogP contribution in [0.25, 0.3) is 0 Å². The van der Waals surface area contributed by atoms with Crippen molar-refractivity contribution in [3.05, 3.63) is 23.8 Å². The van der Waals surface area contributed by atoms with Crippen molar-refractivity contribution in [2.45, 2.75) is 31.0 Å². The molecule has 1 amide bonds. The Labute approximate surface area is 143 Å². The summed E-state index contributed by atoms with van der Waals surface area (Å²) in [7, 11) is 0.729. The van der Waals surface area contributed by atoms with Gasteiger partial charge in [0, 0.05) is 27.2 Å². The molecule has 0 spiro atoms. The standard InChI is InChI=1S/C16H24N2O5S/c1-11-9-18(10-12(2)23-11)16(19)14-8-13(6-7-15(14)22-5)24(20,21)17(3)4/h6-8,11-12H,9-10H2,1-5H3/t11-,12+. The Hall–Kier alpha value is -1.64. The lowest BCUT2D eigenvalue weighted by molar-refractivity contribution is -0.0586. The topological polar surface area (TPSA) is 76.2 Å². The van der Waals surface area contributed by atoms with Crippen LogP contribution in [-0.4, -0.2) is 70.0 Å². The molecule has 0 bridgehead atoms. The summed E-state index contributed by atoms with van der Waals surface area (Å²) in [4.78, 5) is 14.6. The summed E-state index contributed by atoms with van der Waals surface area (Å²) in [6, 6.07) is 4.33. The number of hydrogen-bond donors (Lipinski definition) is 0. The lowest BCUT2D eigenvalue weighted by Crippen LogP contribution is -2.48. The highest BCUT2D eigenvalue weighted by molar-refractivity contribution is 7.89. The molecule has 1 aromatic carbocycles. The fourth-order valence-electron chi connectivity index (χ4n) is 2.74. The molecule has 8 heteroatoms. The molecular weight excluding hydrogens is 332 g/mol. The molecular formula is C16H24N2O5S. The van der Waals surface area contributed by atoms with Gasteiger partial charge < -0.3 is 14.4 Å². The smallest absolute Gasteiger partial charge is 0.257 e. The molecule has 1 saturated heterocycles. The SMILES string of the molecule is COc1ccc(S(=O)(=O)N(C)C)cc1C(=O)N1C[C@@H](C)O[C@@H](C)C1. The first-order chi connectivity index (χ1) is 11.2. The van der Waals surface area contributed by atoms with Gasteiger partial charge in [0.15, 0.2) is 0 Å². The number of rotatable bonds is 4. The quantitative estimate of drug-likeness (QED) is 0.810. The second kappa shape index (κ2) is 7.08. The van der Waals surface area contributed by atoms with Gasteiger partial charge in [-0.1, -0.05) is 0 Å². The van der Waals surface area contributed by atoms with E-state index in [0.29, 0.717) is 18.8 Å². The zero-order valence-electron chi connectivity index (χ0n) is 14.6. The predicted octanol–water partition coefficient (Wildman–Crippen LogP) is 1.19. The Balaban J connectivity index is 2.42. The third-order valence-electron chi connectivity index (χ3n) is 3.89. The average molecular weight is 356 g/mol. The molecule has 0 aromatic heterocycles. The van der Waals surface area contributed by atoms with E-state index in [4.69, 9.17) is 9.47 Å². The first-order valence-corrected chi connectivity index (χ1v) is 9.16. The lowest BCUT2D eigenvalue weighted by Gasteiger charge is -2.35. The van der Waals surface area contributed by atoms with Crippen molar-refractivity contribution >= 4 is 15.9 Å². The molecule has 2 atom stereocenters. The Morgan fingerprint density at radius 1 is 1.25 bits per heavy atom. The molecule has 1 aliphatic rings. The van der Waals surface area contributed by atoms with Crippen LogP contribution in [0.4, 0.5) is 0 Å². The van der Waals surface area contributed by atoms with Gasteiger partial charge in [0.25, 0.3) is 5.91 Å². The maximum atomic E-state index is 12.9. The molecule has 0 N–H and O–H groups in total. The average Bonchev–Trinajstić information content (AvgIpc) is 2.52. The zero-order valence-corrected chi connectivity index (χ0v) is 15.5. The molecule has 1 fully saturated rings. The summed E-state index contributed by atoms with van der Waals surface area (Å²) in [6.07, 6.45) is -0.144. The number of nitrogens with zero attached hydrogens (tertiary/aromatic N) is 2. The van der Waals surface area contributed by atoms with Crippen molar-refractivity contribution in [3.8, 4) is 5.75 Å². The first kappa shape index (κ1) is 18.7. The van der Waals surface area contributed by atoms with E-state index >= 15 is 0 Å². The third kappa shape index (κ3) is 3.71. The van der Waals surface area contributed by atoms with Gasteiger partial charge in [0.2, 0.25) is 10.0 Å². The van der Waals surface area contributed by atoms with Crippen LogP contribution in [0.1, 0.15) is 24.2 Å². The van der Waals surface area contributed by atoms with Gasteiger partial charge in [0.1, 0.15) is 5.75 Å². The molecule has 1 aliphatic heterocycles. The Kier molecular flexibility index (Phi) is 5.52. The van der Waals surface area contributed by atoms with Crippen LogP contribution in [0.15, 0.2) is 23.1 Å². The molecule has 24 heavy (non-hydrogen) atoms. The summed E-state index contributed by atoms with van der Waals surface area (Å²) in [5.74, 6) is 0.0918. The Morgan fingerprint density at radius 2 is 1.83 bits per heavy atom. The van der Waals surface area contributed by atoms with Gasteiger partial charge in [-0.2, -0.15) is 0 Å². The lowest BCUT2D eigenvalue weighted by atomic mass is 10.1. The molecule has 0 aliphatic carbocycles. The van der Waals surface area contributed by atoms with Crippen molar-refractivity contribution < 1.29 is 22.7 Å². The highest BCUT2D eigenvalue weighted by Gasteiger charge is 2.29. The number of amides is 1. The first-order valence-electron chi connectivity index (χ1n) is 7.72. The second-order valence-electron chi connectivity index (χ2n) is 6.12. The molecule has 7 nitrogen and oxygen atoms in total. The van der Waals surface area contributed by atoms with Gasteiger partial charge in [0.05, 0.1) is 29.8 Å². The van der Waals surface area contributed by atoms with Crippen LogP contribution >= 0.6 is 0 Å². The van der Waals surface area contributed by atoms with Gasteiger partial charge in [-0.3, -0.25) is 4.79 Å². The number of morpholine rings is 1. The maximum Gasteiger partial charge on any atom is 0.257 e. The molecule has 0 radical (unpaired) electrons. The number of benzene rings is 1. The van der Waals surface area contributed by atoms with Gasteiger partial charge in [-0.25, -0.2) is 12.7 Å². The fraction of sp³-hybridized carbons (Fsp3) is 0.562. The number of methoxy groups -OCH3 is 1. The zero-order chi connectivity index (χ0) is 18.1. The summed E-state index contributed by atoms with van der Waals surface area (Å²) in [6.45, 7) is 4.72. The summed E-state index contributed by atoms with van der Waals surface area (Å²) < 4.78 is 36.7. The van der Waals surface area contributed by atoms with Crippen LogP contribution in [0.2, 0.25) is 0 Å². The predicted molar refractivity (Wildman–Crippen MR) is 89.8 cm³/mol. The van der Waals surface area contributed by atoms with Crippen molar-refractivity contribution in [2.24, 2.45) is 0 Å². The molecule has 1 aromatic rings. The van der Waals surface area contributed by atoms with Crippen molar-refractivity contribution in [3.63, 3.8) is 0 Å². The molecule has 0 unspecified atom stereocenters. The van der Waals surface area contributed by atoms with Gasteiger partial charge in [-0.15, -0.1) is 0 Å². The van der Waals surface area contributed by atoms with Crippen LogP contribution in [-0.2, 0) is 14.8 Å². The minimum absolute atomic E-state index is 0.0611. The van der Waals surface area contributed by atoms with Crippen molar-refractivity contribution in [1.82, 2.24) is 9.21 Å². The monoisotopic (exact) mass is 356 g/mol. The van der Waals surface area contributed by atoms with E-state index in [1.54, 1.807) is 4.90 Å². The molecule has 2 rings (SSSR count). The van der Waals surface area contributed by atoms with E-state index in [0.717, 1.165) is 4.31 Å². The Morgan fingerprint density at radius 3 is 2.33 bits per heavy atom. The summed E-state index contributed by atoms with van der Waals surface area (Å²) in [5.41, 5.74) is 0.238. The largest absolute Gasteiger partial charge is 0.496 e. The second-order valence-corrected chi connectivity index (χ2v) is 8.27. The third-order valence-corrected chi connectivity index (χ3v) is 5.70. The van der Waals surface area contributed by atoms with Crippen LogP contribution in [0, 0.1) is 0 Å². The molecule has 134 valence electrons. The number of ether oxygens (including phenoxy) is 2. The van der Waals surface area contributed by atoms with E-state index < -0.39 is 10.0 Å². The van der Waals surface area contributed by atoms with Gasteiger partial charge in [-0.05, 0) is 32.0 Å². The number of sulfonamides is 1. The highest BCUT2D eigenvalue weighted by atomic mass is 32.2. The van der Waals surface area contributed by atoms with Crippen LogP contribution < -0.4 is 4.74 Å². The van der Waals surface area contributed by atoms with Crippen molar-refractivity contribution in [1.29, 1.82) is 0 Å². The van der Waals surface area contributed by atoms with E-state index in [1.165, 1.54) is 39.4 Å². The van der Waals surface area contributed by atoms with Gasteiger partial charge >= 0.3 is 0 Å². The van der Waals surface area contributed by atoms with Crippen LogP contribution in [0.5, 0.6) is 5.75 Å². The highest BCUT2D eigenvalue weighted by Crippen LogP contribution is 2.26. The number of carbonyl (C=O) groups is 1. The van der Waals surface area contributed by atoms with E-state index in [-0.39, 0.29) is 28.6 Å². The Bertz CT molecular complexity index is 707. The maximum absolute atomic E-state index is 12.9. The van der Waals surface area contributed by atoms with Crippen LogP contribution in [0.3, 0.4) is 0 Å². The normalized spacial score (nSPS) is 21.8. The molecule has 1 heterocycles. The van der Waals surface area contributed by atoms with E-state index in [2.05, 4.69) is 0 Å².